The fraction of sp³-hybridized carbons (Fsp3) is 0.684. The van der Waals surface area contributed by atoms with Crippen LogP contribution in [-0.4, -0.2) is 13.2 Å². The van der Waals surface area contributed by atoms with E-state index >= 15 is 0 Å². The largest absolute Gasteiger partial charge is 0.494 e. The monoisotopic (exact) mass is 321 g/mol. The molecule has 0 aromatic heterocycles. The highest BCUT2D eigenvalue weighted by Crippen LogP contribution is 2.27. The van der Waals surface area contributed by atoms with E-state index in [4.69, 9.17) is 4.74 Å². The molecule has 0 bridgehead atoms. The van der Waals surface area contributed by atoms with Gasteiger partial charge < -0.3 is 4.74 Å². The normalized spacial score (nSPS) is 15.9. The van der Waals surface area contributed by atoms with Gasteiger partial charge in [-0.25, -0.2) is 0 Å². The summed E-state index contributed by atoms with van der Waals surface area (Å²) in [5.41, 5.74) is 0. The quantitative estimate of drug-likeness (QED) is 0.433. The van der Waals surface area contributed by atoms with E-state index < -0.39 is 0 Å². The SMILES string of the molecule is CCCCOc1ccc(SNCCCC2CCCCC2)cc1. The lowest BCUT2D eigenvalue weighted by atomic mass is 9.86. The molecule has 0 saturated heterocycles. The fourth-order valence-electron chi connectivity index (χ4n) is 3.01. The van der Waals surface area contributed by atoms with Gasteiger partial charge in [0.2, 0.25) is 0 Å². The van der Waals surface area contributed by atoms with Crippen LogP contribution in [0.2, 0.25) is 0 Å². The lowest BCUT2D eigenvalue weighted by Gasteiger charge is -2.21. The molecule has 0 amide bonds. The smallest absolute Gasteiger partial charge is 0.119 e. The molecule has 0 radical (unpaired) electrons. The molecule has 1 aromatic carbocycles. The lowest BCUT2D eigenvalue weighted by Crippen LogP contribution is -2.10. The fourth-order valence-corrected chi connectivity index (χ4v) is 3.70. The predicted molar refractivity (Wildman–Crippen MR) is 96.5 cm³/mol. The molecule has 0 atom stereocenters. The first-order valence-electron chi connectivity index (χ1n) is 9.01. The van der Waals surface area contributed by atoms with Gasteiger partial charge in [-0.2, -0.15) is 0 Å². The van der Waals surface area contributed by atoms with Gasteiger partial charge in [-0.05, 0) is 61.4 Å². The predicted octanol–water partition coefficient (Wildman–Crippen LogP) is 5.82. The van der Waals surface area contributed by atoms with Crippen molar-refractivity contribution >= 4 is 11.9 Å². The van der Waals surface area contributed by atoms with Gasteiger partial charge in [-0.1, -0.05) is 45.4 Å². The molecule has 0 heterocycles. The van der Waals surface area contributed by atoms with Crippen molar-refractivity contribution in [2.24, 2.45) is 5.92 Å². The molecule has 1 aliphatic rings. The van der Waals surface area contributed by atoms with Gasteiger partial charge in [-0.3, -0.25) is 4.72 Å². The summed E-state index contributed by atoms with van der Waals surface area (Å²) in [5.74, 6) is 1.98. The van der Waals surface area contributed by atoms with Crippen LogP contribution in [0.5, 0.6) is 5.75 Å². The summed E-state index contributed by atoms with van der Waals surface area (Å²) in [5, 5.41) is 0. The standard InChI is InChI=1S/C19H31NOS/c1-2-3-16-21-18-11-13-19(14-12-18)22-20-15-7-10-17-8-5-4-6-9-17/h11-14,17,20H,2-10,15-16H2,1H3. The Kier molecular flexibility index (Phi) is 8.81. The van der Waals surface area contributed by atoms with E-state index in [-0.39, 0.29) is 0 Å². The molecule has 1 aliphatic carbocycles. The number of hydrogen-bond donors (Lipinski definition) is 1. The van der Waals surface area contributed by atoms with Crippen LogP contribution in [0.4, 0.5) is 0 Å². The van der Waals surface area contributed by atoms with Gasteiger partial charge >= 0.3 is 0 Å². The number of unbranched alkanes of at least 4 members (excludes halogenated alkanes) is 1. The topological polar surface area (TPSA) is 21.3 Å². The lowest BCUT2D eigenvalue weighted by molar-refractivity contribution is 0.309. The summed E-state index contributed by atoms with van der Waals surface area (Å²) in [7, 11) is 0. The summed E-state index contributed by atoms with van der Waals surface area (Å²) in [6.45, 7) is 4.11. The molecule has 3 heteroatoms. The number of nitrogens with one attached hydrogen (secondary N) is 1. The molecular formula is C19H31NOS. The van der Waals surface area contributed by atoms with Crippen molar-refractivity contribution in [2.75, 3.05) is 13.2 Å². The Morgan fingerprint density at radius 3 is 2.59 bits per heavy atom. The Morgan fingerprint density at radius 2 is 1.86 bits per heavy atom. The van der Waals surface area contributed by atoms with Gasteiger partial charge in [0, 0.05) is 11.4 Å². The van der Waals surface area contributed by atoms with Gasteiger partial charge in [-0.15, -0.1) is 0 Å². The zero-order valence-electron chi connectivity index (χ0n) is 14.0. The molecule has 124 valence electrons. The molecule has 0 aliphatic heterocycles. The van der Waals surface area contributed by atoms with Crippen molar-refractivity contribution in [3.63, 3.8) is 0 Å². The van der Waals surface area contributed by atoms with Gasteiger partial charge in [0.25, 0.3) is 0 Å². The highest BCUT2D eigenvalue weighted by molar-refractivity contribution is 7.97. The van der Waals surface area contributed by atoms with E-state index in [0.717, 1.165) is 31.2 Å². The molecule has 0 spiro atoms. The summed E-state index contributed by atoms with van der Waals surface area (Å²) in [4.78, 5) is 1.26. The summed E-state index contributed by atoms with van der Waals surface area (Å²) >= 11 is 1.74. The third kappa shape index (κ3) is 7.06. The van der Waals surface area contributed by atoms with Crippen molar-refractivity contribution in [3.05, 3.63) is 24.3 Å². The van der Waals surface area contributed by atoms with Crippen LogP contribution >= 0.6 is 11.9 Å². The Labute approximate surface area is 140 Å². The third-order valence-corrected chi connectivity index (χ3v) is 5.25. The van der Waals surface area contributed by atoms with Crippen LogP contribution in [-0.2, 0) is 0 Å². The average molecular weight is 322 g/mol. The highest BCUT2D eigenvalue weighted by atomic mass is 32.2. The van der Waals surface area contributed by atoms with Crippen molar-refractivity contribution in [1.82, 2.24) is 4.72 Å². The summed E-state index contributed by atoms with van der Waals surface area (Å²) in [6, 6.07) is 8.42. The molecule has 1 saturated carbocycles. The Bertz CT molecular complexity index is 387. The van der Waals surface area contributed by atoms with Gasteiger partial charge in [0.05, 0.1) is 6.61 Å². The Balaban J connectivity index is 1.54. The average Bonchev–Trinajstić information content (AvgIpc) is 2.57. The maximum absolute atomic E-state index is 5.68. The van der Waals surface area contributed by atoms with Crippen molar-refractivity contribution in [3.8, 4) is 5.75 Å². The van der Waals surface area contributed by atoms with Gasteiger partial charge in [0.15, 0.2) is 0 Å². The van der Waals surface area contributed by atoms with Crippen molar-refractivity contribution < 1.29 is 4.74 Å². The third-order valence-electron chi connectivity index (χ3n) is 4.40. The van der Waals surface area contributed by atoms with Crippen LogP contribution in [0.1, 0.15) is 64.7 Å². The molecule has 1 aromatic rings. The number of benzene rings is 1. The van der Waals surface area contributed by atoms with E-state index in [1.807, 2.05) is 0 Å². The second-order valence-corrected chi connectivity index (χ2v) is 7.28. The summed E-state index contributed by atoms with van der Waals surface area (Å²) < 4.78 is 9.17. The van der Waals surface area contributed by atoms with Crippen LogP contribution in [0.25, 0.3) is 0 Å². The Hall–Kier alpha value is -0.670. The van der Waals surface area contributed by atoms with E-state index in [1.165, 1.54) is 56.3 Å². The first kappa shape index (κ1) is 17.7. The zero-order chi connectivity index (χ0) is 15.5. The number of rotatable bonds is 10. The molecule has 2 rings (SSSR count). The van der Waals surface area contributed by atoms with Crippen LogP contribution in [0, 0.1) is 5.92 Å². The van der Waals surface area contributed by atoms with Crippen LogP contribution < -0.4 is 9.46 Å². The van der Waals surface area contributed by atoms with E-state index in [9.17, 15) is 0 Å². The number of ether oxygens (including phenoxy) is 1. The Morgan fingerprint density at radius 1 is 1.09 bits per heavy atom. The van der Waals surface area contributed by atoms with Crippen molar-refractivity contribution in [1.29, 1.82) is 0 Å². The molecule has 1 fully saturated rings. The molecule has 2 nitrogen and oxygen atoms in total. The molecule has 0 unspecified atom stereocenters. The maximum atomic E-state index is 5.68. The second-order valence-electron chi connectivity index (χ2n) is 6.32. The molecular weight excluding hydrogens is 290 g/mol. The second kappa shape index (κ2) is 11.0. The van der Waals surface area contributed by atoms with Crippen molar-refractivity contribution in [2.45, 2.75) is 69.6 Å². The first-order valence-corrected chi connectivity index (χ1v) is 9.82. The minimum Gasteiger partial charge on any atom is -0.494 e. The molecule has 22 heavy (non-hydrogen) atoms. The first-order chi connectivity index (χ1) is 10.9. The van der Waals surface area contributed by atoms with Crippen LogP contribution in [0.15, 0.2) is 29.2 Å². The minimum absolute atomic E-state index is 0.822. The van der Waals surface area contributed by atoms with E-state index in [2.05, 4.69) is 35.9 Å². The minimum atomic E-state index is 0.822. The highest BCUT2D eigenvalue weighted by Gasteiger charge is 2.12. The summed E-state index contributed by atoms with van der Waals surface area (Å²) in [6.07, 6.45) is 12.3. The zero-order valence-corrected chi connectivity index (χ0v) is 14.8. The maximum Gasteiger partial charge on any atom is 0.119 e. The van der Waals surface area contributed by atoms with E-state index in [1.54, 1.807) is 11.9 Å². The molecule has 1 N–H and O–H groups in total. The number of hydrogen-bond acceptors (Lipinski definition) is 3. The van der Waals surface area contributed by atoms with Gasteiger partial charge in [0.1, 0.15) is 5.75 Å². The van der Waals surface area contributed by atoms with Crippen LogP contribution in [0.3, 0.4) is 0 Å². The van der Waals surface area contributed by atoms with E-state index in [0.29, 0.717) is 0 Å².